The first kappa shape index (κ1) is 22.3. The SMILES string of the molecule is CO[C@]12CCC/C=C/CC[C@]3(O[Si](C)(C)C(C)(C)C)CCC=C(C1)[C@]3(C)CC2. The Bertz CT molecular complexity index is 629. The maximum atomic E-state index is 7.43. The van der Waals surface area contributed by atoms with Crippen molar-refractivity contribution in [3.8, 4) is 0 Å². The van der Waals surface area contributed by atoms with Crippen LogP contribution in [0.4, 0.5) is 0 Å². The summed E-state index contributed by atoms with van der Waals surface area (Å²) in [6, 6.07) is 0. The molecule has 3 heteroatoms. The average molecular weight is 405 g/mol. The Morgan fingerprint density at radius 2 is 1.61 bits per heavy atom. The summed E-state index contributed by atoms with van der Waals surface area (Å²) in [6.07, 6.45) is 19.1. The standard InChI is InChI=1S/C25H44O2Si/c1-22(2,3)28(6,7)27-25-16-12-10-8-9-11-15-24(26-5)19-18-23(25,4)21(20-24)14-13-17-25/h8,10,14H,9,11-13,15-20H2,1-7H3/b10-8+/t23-,24-,25-/m0/s1. The molecule has 28 heavy (non-hydrogen) atoms. The summed E-state index contributed by atoms with van der Waals surface area (Å²) in [7, 11) is 0.0686. The Balaban J connectivity index is 2.05. The van der Waals surface area contributed by atoms with Crippen LogP contribution in [0.25, 0.3) is 0 Å². The number of ether oxygens (including phenoxy) is 1. The quantitative estimate of drug-likeness (QED) is 0.357. The van der Waals surface area contributed by atoms with E-state index in [4.69, 9.17) is 9.16 Å². The minimum Gasteiger partial charge on any atom is -0.410 e. The minimum absolute atomic E-state index is 0.0243. The molecule has 0 N–H and O–H groups in total. The molecule has 0 unspecified atom stereocenters. The second-order valence-corrected chi connectivity index (χ2v) is 16.1. The van der Waals surface area contributed by atoms with Gasteiger partial charge in [-0.3, -0.25) is 0 Å². The number of hydrogen-bond acceptors (Lipinski definition) is 2. The second kappa shape index (κ2) is 7.70. The lowest BCUT2D eigenvalue weighted by Gasteiger charge is -2.60. The zero-order valence-electron chi connectivity index (χ0n) is 19.6. The summed E-state index contributed by atoms with van der Waals surface area (Å²) in [4.78, 5) is 0. The first-order valence-corrected chi connectivity index (χ1v) is 14.5. The van der Waals surface area contributed by atoms with E-state index in [0.29, 0.717) is 0 Å². The van der Waals surface area contributed by atoms with Crippen molar-refractivity contribution in [2.24, 2.45) is 5.41 Å². The van der Waals surface area contributed by atoms with Gasteiger partial charge in [0, 0.05) is 12.5 Å². The largest absolute Gasteiger partial charge is 0.410 e. The van der Waals surface area contributed by atoms with Crippen LogP contribution in [0.5, 0.6) is 0 Å². The highest BCUT2D eigenvalue weighted by atomic mass is 28.4. The monoisotopic (exact) mass is 404 g/mol. The van der Waals surface area contributed by atoms with Crippen LogP contribution in [-0.2, 0) is 9.16 Å². The van der Waals surface area contributed by atoms with E-state index < -0.39 is 8.32 Å². The summed E-state index contributed by atoms with van der Waals surface area (Å²) in [5.41, 5.74) is 1.80. The number of fused-ring (bicyclic) bond motifs is 6. The van der Waals surface area contributed by atoms with Gasteiger partial charge in [0.25, 0.3) is 0 Å². The second-order valence-electron chi connectivity index (χ2n) is 11.4. The molecule has 1 saturated carbocycles. The van der Waals surface area contributed by atoms with Crippen LogP contribution in [-0.4, -0.2) is 26.6 Å². The molecule has 2 nitrogen and oxygen atoms in total. The first-order chi connectivity index (χ1) is 13.0. The fourth-order valence-electron chi connectivity index (χ4n) is 5.68. The molecular formula is C25H44O2Si. The fraction of sp³-hybridized carbons (Fsp3) is 0.840. The summed E-state index contributed by atoms with van der Waals surface area (Å²) >= 11 is 0. The lowest BCUT2D eigenvalue weighted by molar-refractivity contribution is -0.114. The Morgan fingerprint density at radius 1 is 0.929 bits per heavy atom. The van der Waals surface area contributed by atoms with Crippen molar-refractivity contribution in [3.63, 3.8) is 0 Å². The van der Waals surface area contributed by atoms with Crippen LogP contribution in [0.3, 0.4) is 0 Å². The van der Waals surface area contributed by atoms with Crippen molar-refractivity contribution in [1.29, 1.82) is 0 Å². The van der Waals surface area contributed by atoms with Gasteiger partial charge < -0.3 is 9.16 Å². The van der Waals surface area contributed by atoms with Gasteiger partial charge in [0.1, 0.15) is 0 Å². The molecule has 0 aromatic carbocycles. The molecule has 0 saturated heterocycles. The van der Waals surface area contributed by atoms with Crippen LogP contribution < -0.4 is 0 Å². The van der Waals surface area contributed by atoms with Gasteiger partial charge in [0.05, 0.1) is 11.2 Å². The van der Waals surface area contributed by atoms with Crippen molar-refractivity contribution < 1.29 is 9.16 Å². The van der Waals surface area contributed by atoms with E-state index in [2.05, 4.69) is 59.0 Å². The van der Waals surface area contributed by atoms with Crippen molar-refractivity contribution in [1.82, 2.24) is 0 Å². The van der Waals surface area contributed by atoms with Gasteiger partial charge in [-0.15, -0.1) is 0 Å². The van der Waals surface area contributed by atoms with Crippen molar-refractivity contribution in [3.05, 3.63) is 23.8 Å². The van der Waals surface area contributed by atoms with E-state index >= 15 is 0 Å². The molecule has 0 spiro atoms. The van der Waals surface area contributed by atoms with Gasteiger partial charge in [-0.1, -0.05) is 51.5 Å². The third-order valence-corrected chi connectivity index (χ3v) is 13.3. The van der Waals surface area contributed by atoms with E-state index in [9.17, 15) is 0 Å². The zero-order chi connectivity index (χ0) is 20.7. The molecule has 0 aliphatic heterocycles. The van der Waals surface area contributed by atoms with E-state index in [0.717, 1.165) is 25.7 Å². The summed E-state index contributed by atoms with van der Waals surface area (Å²) in [6.45, 7) is 14.5. The van der Waals surface area contributed by atoms with Crippen molar-refractivity contribution in [2.45, 2.75) is 121 Å². The number of allylic oxidation sites excluding steroid dienone is 3. The van der Waals surface area contributed by atoms with Crippen molar-refractivity contribution >= 4 is 8.32 Å². The molecule has 0 radical (unpaired) electrons. The highest BCUT2D eigenvalue weighted by Gasteiger charge is 2.58. The highest BCUT2D eigenvalue weighted by Crippen LogP contribution is 2.61. The van der Waals surface area contributed by atoms with E-state index in [1.165, 1.54) is 38.5 Å². The van der Waals surface area contributed by atoms with Gasteiger partial charge in [0.15, 0.2) is 8.32 Å². The van der Waals surface area contributed by atoms with E-state index in [-0.39, 0.29) is 21.7 Å². The lowest BCUT2D eigenvalue weighted by atomic mass is 9.53. The summed E-state index contributed by atoms with van der Waals surface area (Å²) < 4.78 is 13.6. The molecule has 0 amide bonds. The van der Waals surface area contributed by atoms with Crippen LogP contribution in [0.1, 0.15) is 91.9 Å². The van der Waals surface area contributed by atoms with Gasteiger partial charge >= 0.3 is 0 Å². The lowest BCUT2D eigenvalue weighted by Crippen LogP contribution is -2.61. The Kier molecular flexibility index (Phi) is 6.14. The third kappa shape index (κ3) is 3.84. The molecule has 0 heterocycles. The zero-order valence-corrected chi connectivity index (χ0v) is 20.6. The minimum atomic E-state index is -1.87. The third-order valence-electron chi connectivity index (χ3n) is 8.82. The molecule has 4 aliphatic rings. The normalized spacial score (nSPS) is 38.3. The first-order valence-electron chi connectivity index (χ1n) is 11.6. The molecule has 1 fully saturated rings. The molecule has 4 bridgehead atoms. The molecule has 0 aromatic heterocycles. The number of hydrogen-bond donors (Lipinski definition) is 0. The fourth-order valence-corrected chi connectivity index (χ4v) is 7.40. The molecule has 4 aliphatic carbocycles. The van der Waals surface area contributed by atoms with Gasteiger partial charge in [-0.05, 0) is 82.3 Å². The van der Waals surface area contributed by atoms with Crippen molar-refractivity contribution in [2.75, 3.05) is 7.11 Å². The maximum Gasteiger partial charge on any atom is 0.192 e. The molecule has 0 aromatic rings. The summed E-state index contributed by atoms with van der Waals surface area (Å²) in [5, 5.41) is 0.240. The van der Waals surface area contributed by atoms with Crippen LogP contribution in [0.15, 0.2) is 23.8 Å². The highest BCUT2D eigenvalue weighted by molar-refractivity contribution is 6.74. The van der Waals surface area contributed by atoms with Gasteiger partial charge in [-0.25, -0.2) is 0 Å². The summed E-state index contributed by atoms with van der Waals surface area (Å²) in [5.74, 6) is 0. The van der Waals surface area contributed by atoms with Crippen LogP contribution in [0, 0.1) is 5.41 Å². The Hall–Kier alpha value is -0.383. The molecule has 3 atom stereocenters. The molecular weight excluding hydrogens is 360 g/mol. The average Bonchev–Trinajstić information content (AvgIpc) is 2.60. The van der Waals surface area contributed by atoms with Crippen LogP contribution >= 0.6 is 0 Å². The van der Waals surface area contributed by atoms with E-state index in [1.807, 2.05) is 7.11 Å². The Labute approximate surface area is 175 Å². The number of methoxy groups -OCH3 is 1. The topological polar surface area (TPSA) is 18.5 Å². The smallest absolute Gasteiger partial charge is 0.192 e. The number of rotatable bonds is 3. The molecule has 160 valence electrons. The van der Waals surface area contributed by atoms with Crippen LogP contribution in [0.2, 0.25) is 18.1 Å². The predicted molar refractivity (Wildman–Crippen MR) is 122 cm³/mol. The van der Waals surface area contributed by atoms with Gasteiger partial charge in [-0.2, -0.15) is 0 Å². The molecule has 4 rings (SSSR count). The maximum absolute atomic E-state index is 7.43. The van der Waals surface area contributed by atoms with E-state index in [1.54, 1.807) is 5.57 Å². The predicted octanol–water partition coefficient (Wildman–Crippen LogP) is 7.56. The van der Waals surface area contributed by atoms with Gasteiger partial charge in [0.2, 0.25) is 0 Å². The Morgan fingerprint density at radius 3 is 2.29 bits per heavy atom.